The quantitative estimate of drug-likeness (QED) is 0.202. The maximum Gasteiger partial charge on any atom is 0.192 e. The molecule has 0 rings (SSSR count). The fourth-order valence-corrected chi connectivity index (χ4v) is 3.88. The Balaban J connectivity index is 4.77. The zero-order chi connectivity index (χ0) is 18.1. The molecule has 0 unspecified atom stereocenters. The van der Waals surface area contributed by atoms with E-state index in [-0.39, 0.29) is 11.1 Å². The van der Waals surface area contributed by atoms with Gasteiger partial charge in [-0.05, 0) is 24.6 Å². The van der Waals surface area contributed by atoms with Crippen LogP contribution in [0, 0.1) is 11.5 Å². The number of hydrogen-bond acceptors (Lipinski definition) is 1. The first kappa shape index (κ1) is 22.7. The fourth-order valence-electron chi connectivity index (χ4n) is 1.94. The van der Waals surface area contributed by atoms with Crippen molar-refractivity contribution in [1.82, 2.24) is 0 Å². The smallest absolute Gasteiger partial charge is 0.192 e. The van der Waals surface area contributed by atoms with Crippen molar-refractivity contribution in [2.75, 3.05) is 0 Å². The fraction of sp³-hybridized carbons (Fsp3) is 0.800. The largest absolute Gasteiger partial charge is 0.411 e. The Kier molecular flexibility index (Phi) is 9.73. The molecule has 0 radical (unpaired) electrons. The zero-order valence-electron chi connectivity index (χ0n) is 17.2. The van der Waals surface area contributed by atoms with E-state index in [4.69, 9.17) is 4.43 Å². The molecule has 0 N–H and O–H groups in total. The van der Waals surface area contributed by atoms with Crippen LogP contribution in [0.2, 0.25) is 37.8 Å². The highest BCUT2D eigenvalue weighted by molar-refractivity contribution is 6.83. The van der Waals surface area contributed by atoms with Gasteiger partial charge < -0.3 is 4.43 Å². The molecule has 0 aliphatic rings. The van der Waals surface area contributed by atoms with Gasteiger partial charge in [-0.1, -0.05) is 78.8 Å². The Hall–Kier alpha value is -0.306. The zero-order valence-corrected chi connectivity index (χ0v) is 19.2. The summed E-state index contributed by atoms with van der Waals surface area (Å²) in [6, 6.07) is 0. The summed E-state index contributed by atoms with van der Waals surface area (Å²) in [5, 5.41) is 0.265. The third-order valence-electron chi connectivity index (χ3n) is 4.38. The van der Waals surface area contributed by atoms with Crippen LogP contribution in [0.4, 0.5) is 0 Å². The Morgan fingerprint density at radius 2 is 1.65 bits per heavy atom. The van der Waals surface area contributed by atoms with E-state index >= 15 is 0 Å². The van der Waals surface area contributed by atoms with E-state index in [0.29, 0.717) is 0 Å². The van der Waals surface area contributed by atoms with Gasteiger partial charge in [0.25, 0.3) is 0 Å². The van der Waals surface area contributed by atoms with Crippen molar-refractivity contribution in [3.05, 3.63) is 12.2 Å². The van der Waals surface area contributed by atoms with Crippen LogP contribution < -0.4 is 0 Å². The molecule has 0 aliphatic heterocycles. The summed E-state index contributed by atoms with van der Waals surface area (Å²) in [7, 11) is -2.95. The van der Waals surface area contributed by atoms with Gasteiger partial charge in [0.15, 0.2) is 8.32 Å². The Bertz CT molecular complexity index is 414. The second-order valence-electron chi connectivity index (χ2n) is 9.10. The van der Waals surface area contributed by atoms with Crippen molar-refractivity contribution in [3.63, 3.8) is 0 Å². The summed E-state index contributed by atoms with van der Waals surface area (Å²) >= 11 is 0. The van der Waals surface area contributed by atoms with Crippen molar-refractivity contribution in [3.8, 4) is 11.5 Å². The third-order valence-corrected chi connectivity index (χ3v) is 9.81. The van der Waals surface area contributed by atoms with E-state index in [1.54, 1.807) is 0 Å². The topological polar surface area (TPSA) is 9.23 Å². The monoisotopic (exact) mass is 352 g/mol. The highest BCUT2D eigenvalue weighted by Gasteiger charge is 2.38. The molecule has 1 atom stereocenters. The van der Waals surface area contributed by atoms with Crippen molar-refractivity contribution < 1.29 is 4.43 Å². The first-order valence-corrected chi connectivity index (χ1v) is 15.6. The minimum Gasteiger partial charge on any atom is -0.411 e. The summed E-state index contributed by atoms with van der Waals surface area (Å²) in [6.45, 7) is 20.7. The molecule has 0 saturated heterocycles. The van der Waals surface area contributed by atoms with Gasteiger partial charge in [0.2, 0.25) is 0 Å². The van der Waals surface area contributed by atoms with Crippen LogP contribution in [0.5, 0.6) is 0 Å². The molecule has 0 amide bonds. The molecule has 1 nitrogen and oxygen atoms in total. The lowest BCUT2D eigenvalue weighted by molar-refractivity contribution is 0.211. The summed E-state index contributed by atoms with van der Waals surface area (Å²) in [5.74, 6) is 3.32. The Labute approximate surface area is 148 Å². The summed E-state index contributed by atoms with van der Waals surface area (Å²) in [6.07, 6.45) is 10.6. The van der Waals surface area contributed by atoms with Crippen LogP contribution in [0.1, 0.15) is 59.8 Å². The van der Waals surface area contributed by atoms with Gasteiger partial charge in [-0.25, -0.2) is 0 Å². The standard InChI is InChI=1S/C20H40OSi2/c1-10-11-13-16-19(21-23(8,9)20(2,3)4)17-14-12-15-18-22(5,6)7/h14,17,19H,10-13,16H2,1-9H3/b17-14+/t19-/m1/s1. The number of rotatable bonds is 8. The normalized spacial score (nSPS) is 14.7. The van der Waals surface area contributed by atoms with Crippen molar-refractivity contribution >= 4 is 16.4 Å². The number of allylic oxidation sites excluding steroid dienone is 1. The third kappa shape index (κ3) is 11.0. The van der Waals surface area contributed by atoms with Crippen LogP contribution in [0.25, 0.3) is 0 Å². The van der Waals surface area contributed by atoms with Crippen LogP contribution >= 0.6 is 0 Å². The van der Waals surface area contributed by atoms with Crippen LogP contribution in [0.3, 0.4) is 0 Å². The lowest BCUT2D eigenvalue weighted by atomic mass is 10.1. The van der Waals surface area contributed by atoms with E-state index in [9.17, 15) is 0 Å². The molecule has 0 saturated carbocycles. The highest BCUT2D eigenvalue weighted by Crippen LogP contribution is 2.38. The summed E-state index contributed by atoms with van der Waals surface area (Å²) in [5.41, 5.74) is 3.43. The van der Waals surface area contributed by atoms with Gasteiger partial charge in [0.1, 0.15) is 8.07 Å². The SMILES string of the molecule is CCCCC[C@H](/C=C/CC#C[Si](C)(C)C)O[Si](C)(C)C(C)(C)C. The van der Waals surface area contributed by atoms with Crippen LogP contribution in [-0.2, 0) is 4.43 Å². The van der Waals surface area contributed by atoms with E-state index in [2.05, 4.69) is 84.0 Å². The van der Waals surface area contributed by atoms with Gasteiger partial charge in [0.05, 0.1) is 6.10 Å². The van der Waals surface area contributed by atoms with Gasteiger partial charge in [0, 0.05) is 6.42 Å². The number of unbranched alkanes of at least 4 members (excludes halogenated alkanes) is 2. The number of hydrogen-bond donors (Lipinski definition) is 0. The molecule has 0 spiro atoms. The van der Waals surface area contributed by atoms with E-state index in [1.165, 1.54) is 19.3 Å². The minimum absolute atomic E-state index is 0.260. The van der Waals surface area contributed by atoms with Gasteiger partial charge >= 0.3 is 0 Å². The van der Waals surface area contributed by atoms with Gasteiger partial charge in [-0.2, -0.15) is 0 Å². The van der Waals surface area contributed by atoms with Crippen LogP contribution in [0.15, 0.2) is 12.2 Å². The Morgan fingerprint density at radius 3 is 2.13 bits per heavy atom. The molecular weight excluding hydrogens is 312 g/mol. The van der Waals surface area contributed by atoms with Gasteiger partial charge in [-0.3, -0.25) is 0 Å². The molecule has 134 valence electrons. The maximum absolute atomic E-state index is 6.61. The minimum atomic E-state index is -1.71. The predicted molar refractivity (Wildman–Crippen MR) is 111 cm³/mol. The molecule has 0 aromatic rings. The Morgan fingerprint density at radius 1 is 1.04 bits per heavy atom. The van der Waals surface area contributed by atoms with Crippen molar-refractivity contribution in [1.29, 1.82) is 0 Å². The van der Waals surface area contributed by atoms with E-state index in [0.717, 1.165) is 12.8 Å². The predicted octanol–water partition coefficient (Wildman–Crippen LogP) is 6.78. The molecule has 23 heavy (non-hydrogen) atoms. The van der Waals surface area contributed by atoms with Gasteiger partial charge in [-0.15, -0.1) is 11.5 Å². The summed E-state index contributed by atoms with van der Waals surface area (Å²) in [4.78, 5) is 0. The lowest BCUT2D eigenvalue weighted by Gasteiger charge is -2.38. The average molecular weight is 353 g/mol. The van der Waals surface area contributed by atoms with E-state index < -0.39 is 16.4 Å². The molecule has 3 heteroatoms. The second kappa shape index (κ2) is 9.86. The average Bonchev–Trinajstić information content (AvgIpc) is 2.35. The molecule has 0 fully saturated rings. The van der Waals surface area contributed by atoms with E-state index in [1.807, 2.05) is 0 Å². The first-order valence-electron chi connectivity index (χ1n) is 9.23. The van der Waals surface area contributed by atoms with Crippen LogP contribution in [-0.4, -0.2) is 22.5 Å². The lowest BCUT2D eigenvalue weighted by Crippen LogP contribution is -2.43. The molecule has 0 aromatic heterocycles. The molecule has 0 heterocycles. The maximum atomic E-state index is 6.61. The second-order valence-corrected chi connectivity index (χ2v) is 18.6. The molecular formula is C20H40OSi2. The molecule has 0 bridgehead atoms. The molecule has 0 aliphatic carbocycles. The summed E-state index contributed by atoms with van der Waals surface area (Å²) < 4.78 is 6.61. The highest BCUT2D eigenvalue weighted by atomic mass is 28.4. The first-order chi connectivity index (χ1) is 10.4. The van der Waals surface area contributed by atoms with Crippen molar-refractivity contribution in [2.45, 2.75) is 104 Å². The molecule has 0 aromatic carbocycles. The van der Waals surface area contributed by atoms with Crippen molar-refractivity contribution in [2.24, 2.45) is 0 Å².